The molecule has 0 atom stereocenters. The fourth-order valence-corrected chi connectivity index (χ4v) is 3.46. The largest absolute Gasteiger partial charge is 0.368 e. The number of para-hydroxylation sites is 1. The Morgan fingerprint density at radius 1 is 1.08 bits per heavy atom. The smallest absolute Gasteiger partial charge is 0.258 e. The molecule has 0 aliphatic carbocycles. The van der Waals surface area contributed by atoms with Crippen molar-refractivity contribution in [2.45, 2.75) is 0 Å². The number of hydrogen-bond acceptors (Lipinski definition) is 4. The molecule has 0 spiro atoms. The average molecular weight is 365 g/mol. The third-order valence-corrected chi connectivity index (χ3v) is 4.94. The summed E-state index contributed by atoms with van der Waals surface area (Å²) in [6, 6.07) is 15.9. The number of aromatic nitrogens is 2. The minimum atomic E-state index is -0.152. The van der Waals surface area contributed by atoms with Crippen LogP contribution < -0.4 is 15.8 Å². The number of nitrogens with one attached hydrogen (secondary N) is 2. The Hall–Kier alpha value is -2.93. The van der Waals surface area contributed by atoms with Gasteiger partial charge in [-0.25, -0.2) is 4.98 Å². The van der Waals surface area contributed by atoms with E-state index >= 15 is 0 Å². The molecule has 6 nitrogen and oxygen atoms in total. The van der Waals surface area contributed by atoms with Crippen molar-refractivity contribution in [2.24, 2.45) is 0 Å². The maximum absolute atomic E-state index is 11.9. The molecule has 1 fully saturated rings. The second-order valence-electron chi connectivity index (χ2n) is 6.20. The minimum Gasteiger partial charge on any atom is -0.368 e. The summed E-state index contributed by atoms with van der Waals surface area (Å²) in [5, 5.41) is 4.47. The molecule has 1 aliphatic heterocycles. The average Bonchev–Trinajstić information content (AvgIpc) is 2.69. The van der Waals surface area contributed by atoms with Crippen molar-refractivity contribution in [1.29, 1.82) is 0 Å². The summed E-state index contributed by atoms with van der Waals surface area (Å²) < 4.78 is 0. The van der Waals surface area contributed by atoms with E-state index in [1.54, 1.807) is 6.07 Å². The van der Waals surface area contributed by atoms with Gasteiger partial charge in [0.15, 0.2) is 5.11 Å². The van der Waals surface area contributed by atoms with Crippen LogP contribution in [0.25, 0.3) is 10.9 Å². The fraction of sp³-hybridized carbons (Fsp3) is 0.211. The first-order valence-electron chi connectivity index (χ1n) is 8.54. The predicted molar refractivity (Wildman–Crippen MR) is 109 cm³/mol. The second-order valence-corrected chi connectivity index (χ2v) is 6.59. The summed E-state index contributed by atoms with van der Waals surface area (Å²) in [6.07, 6.45) is 1.41. The highest BCUT2D eigenvalue weighted by atomic mass is 32.1. The van der Waals surface area contributed by atoms with Gasteiger partial charge >= 0.3 is 0 Å². The molecule has 1 aromatic heterocycles. The lowest BCUT2D eigenvalue weighted by Crippen LogP contribution is -2.50. The van der Waals surface area contributed by atoms with Crippen LogP contribution in [-0.4, -0.2) is 46.2 Å². The maximum Gasteiger partial charge on any atom is 0.258 e. The first kappa shape index (κ1) is 16.5. The standard InChI is InChI=1S/C19H19N5OS/c25-18-16-12-14(6-7-17(16)20-13-21-18)22-19(26)24-10-8-23(9-11-24)15-4-2-1-3-5-15/h1-7,12-13H,8-11H2,(H,22,26)(H,20,21,25). The number of fused-ring (bicyclic) bond motifs is 1. The minimum absolute atomic E-state index is 0.152. The van der Waals surface area contributed by atoms with Gasteiger partial charge in [0.2, 0.25) is 0 Å². The highest BCUT2D eigenvalue weighted by molar-refractivity contribution is 7.80. The molecule has 2 heterocycles. The monoisotopic (exact) mass is 365 g/mol. The van der Waals surface area contributed by atoms with Crippen LogP contribution >= 0.6 is 12.2 Å². The SMILES string of the molecule is O=c1[nH]cnc2ccc(NC(=S)N3CCN(c4ccccc4)CC3)cc12. The number of piperazine rings is 1. The first-order chi connectivity index (χ1) is 12.7. The van der Waals surface area contributed by atoms with Crippen LogP contribution in [-0.2, 0) is 0 Å². The third kappa shape index (κ3) is 3.39. The van der Waals surface area contributed by atoms with Crippen molar-refractivity contribution in [1.82, 2.24) is 14.9 Å². The van der Waals surface area contributed by atoms with Gasteiger partial charge in [-0.15, -0.1) is 0 Å². The highest BCUT2D eigenvalue weighted by Crippen LogP contribution is 2.18. The van der Waals surface area contributed by atoms with Gasteiger partial charge in [0.25, 0.3) is 5.56 Å². The van der Waals surface area contributed by atoms with Crippen molar-refractivity contribution < 1.29 is 0 Å². The Morgan fingerprint density at radius 2 is 1.85 bits per heavy atom. The molecule has 132 valence electrons. The Bertz CT molecular complexity index is 980. The van der Waals surface area contributed by atoms with E-state index < -0.39 is 0 Å². The number of nitrogens with zero attached hydrogens (tertiary/aromatic N) is 3. The number of rotatable bonds is 2. The van der Waals surface area contributed by atoms with Gasteiger partial charge in [-0.2, -0.15) is 0 Å². The summed E-state index contributed by atoms with van der Waals surface area (Å²) in [5.74, 6) is 0. The molecule has 0 bridgehead atoms. The zero-order valence-corrected chi connectivity index (χ0v) is 15.0. The van der Waals surface area contributed by atoms with Crippen LogP contribution in [0, 0.1) is 0 Å². The van der Waals surface area contributed by atoms with Crippen LogP contribution in [0.3, 0.4) is 0 Å². The summed E-state index contributed by atoms with van der Waals surface area (Å²) in [5.41, 5.74) is 2.56. The van der Waals surface area contributed by atoms with Crippen molar-refractivity contribution in [2.75, 3.05) is 36.4 Å². The number of H-pyrrole nitrogens is 1. The molecular formula is C19H19N5OS. The molecular weight excluding hydrogens is 346 g/mol. The fourth-order valence-electron chi connectivity index (χ4n) is 3.16. The van der Waals surface area contributed by atoms with E-state index in [2.05, 4.69) is 49.4 Å². The third-order valence-electron chi connectivity index (χ3n) is 4.58. The van der Waals surface area contributed by atoms with Crippen LogP contribution in [0.1, 0.15) is 0 Å². The molecule has 0 unspecified atom stereocenters. The van der Waals surface area contributed by atoms with Gasteiger partial charge in [-0.1, -0.05) is 18.2 Å². The zero-order valence-electron chi connectivity index (χ0n) is 14.2. The molecule has 0 amide bonds. The lowest BCUT2D eigenvalue weighted by atomic mass is 10.2. The Kier molecular flexibility index (Phi) is 4.53. The topological polar surface area (TPSA) is 64.3 Å². The Labute approximate surface area is 156 Å². The number of hydrogen-bond donors (Lipinski definition) is 2. The van der Waals surface area contributed by atoms with Gasteiger partial charge in [0.1, 0.15) is 0 Å². The van der Waals surface area contributed by atoms with E-state index in [1.165, 1.54) is 12.0 Å². The molecule has 0 saturated carbocycles. The van der Waals surface area contributed by atoms with Crippen LogP contribution in [0.15, 0.2) is 59.7 Å². The van der Waals surface area contributed by atoms with Crippen molar-refractivity contribution in [3.63, 3.8) is 0 Å². The molecule has 0 radical (unpaired) electrons. The zero-order chi connectivity index (χ0) is 17.9. The second kappa shape index (κ2) is 7.13. The summed E-state index contributed by atoms with van der Waals surface area (Å²) in [6.45, 7) is 3.56. The first-order valence-corrected chi connectivity index (χ1v) is 8.95. The molecule has 2 aromatic carbocycles. The normalized spacial score (nSPS) is 14.5. The van der Waals surface area contributed by atoms with E-state index in [4.69, 9.17) is 12.2 Å². The Morgan fingerprint density at radius 3 is 2.62 bits per heavy atom. The molecule has 26 heavy (non-hydrogen) atoms. The molecule has 2 N–H and O–H groups in total. The van der Waals surface area contributed by atoms with Crippen LogP contribution in [0.2, 0.25) is 0 Å². The van der Waals surface area contributed by atoms with Crippen molar-refractivity contribution in [3.05, 3.63) is 65.2 Å². The van der Waals surface area contributed by atoms with E-state index in [1.807, 2.05) is 18.2 Å². The summed E-state index contributed by atoms with van der Waals surface area (Å²) in [4.78, 5) is 23.2. The lowest BCUT2D eigenvalue weighted by Gasteiger charge is -2.37. The Balaban J connectivity index is 1.41. The number of aromatic amines is 1. The van der Waals surface area contributed by atoms with E-state index in [0.717, 1.165) is 31.9 Å². The van der Waals surface area contributed by atoms with Gasteiger partial charge in [-0.05, 0) is 42.5 Å². The van der Waals surface area contributed by atoms with Gasteiger partial charge in [0, 0.05) is 37.6 Å². The van der Waals surface area contributed by atoms with Gasteiger partial charge in [0.05, 0.1) is 17.2 Å². The van der Waals surface area contributed by atoms with Crippen molar-refractivity contribution in [3.8, 4) is 0 Å². The van der Waals surface area contributed by atoms with E-state index in [-0.39, 0.29) is 5.56 Å². The molecule has 1 saturated heterocycles. The van der Waals surface area contributed by atoms with E-state index in [9.17, 15) is 4.79 Å². The van der Waals surface area contributed by atoms with Crippen LogP contribution in [0.4, 0.5) is 11.4 Å². The van der Waals surface area contributed by atoms with Gasteiger partial charge < -0.3 is 20.1 Å². The van der Waals surface area contributed by atoms with Gasteiger partial charge in [-0.3, -0.25) is 4.79 Å². The molecule has 1 aliphatic rings. The van der Waals surface area contributed by atoms with Crippen molar-refractivity contribution >= 4 is 39.6 Å². The number of benzene rings is 2. The quantitative estimate of drug-likeness (QED) is 0.680. The van der Waals surface area contributed by atoms with E-state index in [0.29, 0.717) is 16.0 Å². The number of anilines is 2. The summed E-state index contributed by atoms with van der Waals surface area (Å²) >= 11 is 5.56. The van der Waals surface area contributed by atoms with Crippen LogP contribution in [0.5, 0.6) is 0 Å². The maximum atomic E-state index is 11.9. The lowest BCUT2D eigenvalue weighted by molar-refractivity contribution is 0.391. The highest BCUT2D eigenvalue weighted by Gasteiger charge is 2.19. The predicted octanol–water partition coefficient (Wildman–Crippen LogP) is 2.44. The molecule has 7 heteroatoms. The number of thiocarbonyl (C=S) groups is 1. The molecule has 4 rings (SSSR count). The summed E-state index contributed by atoms with van der Waals surface area (Å²) in [7, 11) is 0. The molecule has 3 aromatic rings.